The van der Waals surface area contributed by atoms with E-state index < -0.39 is 0 Å². The summed E-state index contributed by atoms with van der Waals surface area (Å²) in [5, 5.41) is 11.2. The van der Waals surface area contributed by atoms with Gasteiger partial charge in [0.2, 0.25) is 0 Å². The van der Waals surface area contributed by atoms with E-state index in [1.807, 2.05) is 73.7 Å². The predicted octanol–water partition coefficient (Wildman–Crippen LogP) is 5.00. The molecule has 0 radical (unpaired) electrons. The Morgan fingerprint density at radius 2 is 1.38 bits per heavy atom. The number of para-hydroxylation sites is 1. The molecule has 6 nitrogen and oxygen atoms in total. The second-order valence-electron chi connectivity index (χ2n) is 6.59. The molecule has 3 aromatic carbocycles. The van der Waals surface area contributed by atoms with Gasteiger partial charge in [-0.15, -0.1) is 0 Å². The molecule has 6 heteroatoms. The van der Waals surface area contributed by atoms with Gasteiger partial charge in [0, 0.05) is 23.6 Å². The summed E-state index contributed by atoms with van der Waals surface area (Å²) in [6.07, 6.45) is 0.758. The van der Waals surface area contributed by atoms with Crippen LogP contribution in [0.4, 0.5) is 26.7 Å². The van der Waals surface area contributed by atoms with E-state index in [1.165, 1.54) is 5.56 Å². The number of rotatable bonds is 6. The standard InChI is InChI=1S/C23H24N4O2/c1-17-12-13-20(26-23(29)25-19-10-6-3-7-11-19)16-21(17)27-22(28)24-15-14-18-8-4-2-5-9-18/h2-13,16H,14-15H2,1H3,(H2,24,27,28)(H2,25,26,29). The quantitative estimate of drug-likeness (QED) is 0.479. The summed E-state index contributed by atoms with van der Waals surface area (Å²) in [7, 11) is 0. The van der Waals surface area contributed by atoms with Crippen LogP contribution in [0.1, 0.15) is 11.1 Å². The monoisotopic (exact) mass is 388 g/mol. The summed E-state index contributed by atoms with van der Waals surface area (Å²) >= 11 is 0. The van der Waals surface area contributed by atoms with E-state index in [1.54, 1.807) is 12.1 Å². The molecule has 29 heavy (non-hydrogen) atoms. The van der Waals surface area contributed by atoms with Gasteiger partial charge < -0.3 is 21.3 Å². The van der Waals surface area contributed by atoms with Gasteiger partial charge in [-0.2, -0.15) is 0 Å². The Labute approximate surface area is 170 Å². The van der Waals surface area contributed by atoms with Crippen LogP contribution in [-0.4, -0.2) is 18.6 Å². The van der Waals surface area contributed by atoms with Crippen molar-refractivity contribution in [1.82, 2.24) is 5.32 Å². The summed E-state index contributed by atoms with van der Waals surface area (Å²) < 4.78 is 0. The Morgan fingerprint density at radius 1 is 0.724 bits per heavy atom. The van der Waals surface area contributed by atoms with Gasteiger partial charge in [-0.05, 0) is 48.7 Å². The van der Waals surface area contributed by atoms with E-state index >= 15 is 0 Å². The summed E-state index contributed by atoms with van der Waals surface area (Å²) in [5.74, 6) is 0. The van der Waals surface area contributed by atoms with Gasteiger partial charge in [0.25, 0.3) is 0 Å². The number of hydrogen-bond donors (Lipinski definition) is 4. The molecule has 0 saturated carbocycles. The largest absolute Gasteiger partial charge is 0.338 e. The number of nitrogens with one attached hydrogen (secondary N) is 4. The molecule has 0 aliphatic rings. The summed E-state index contributed by atoms with van der Waals surface area (Å²) in [4.78, 5) is 24.4. The first-order valence-electron chi connectivity index (χ1n) is 9.42. The van der Waals surface area contributed by atoms with Crippen LogP contribution in [-0.2, 0) is 6.42 Å². The van der Waals surface area contributed by atoms with Gasteiger partial charge >= 0.3 is 12.1 Å². The fourth-order valence-corrected chi connectivity index (χ4v) is 2.78. The molecule has 4 amide bonds. The number of anilines is 3. The normalized spacial score (nSPS) is 10.1. The molecular formula is C23H24N4O2. The maximum Gasteiger partial charge on any atom is 0.323 e. The van der Waals surface area contributed by atoms with E-state index in [2.05, 4.69) is 21.3 Å². The van der Waals surface area contributed by atoms with Crippen molar-refractivity contribution in [3.05, 3.63) is 90.0 Å². The molecule has 3 rings (SSSR count). The van der Waals surface area contributed by atoms with Crippen molar-refractivity contribution in [2.75, 3.05) is 22.5 Å². The molecule has 0 heterocycles. The zero-order chi connectivity index (χ0) is 20.5. The molecule has 0 unspecified atom stereocenters. The second-order valence-corrected chi connectivity index (χ2v) is 6.59. The third-order valence-corrected chi connectivity index (χ3v) is 4.32. The molecule has 0 fully saturated rings. The summed E-state index contributed by atoms with van der Waals surface area (Å²) in [6, 6.07) is 23.9. The molecule has 0 bridgehead atoms. The number of amides is 4. The first-order chi connectivity index (χ1) is 14.1. The van der Waals surface area contributed by atoms with Crippen LogP contribution >= 0.6 is 0 Å². The van der Waals surface area contributed by atoms with E-state index in [9.17, 15) is 9.59 Å². The molecule has 0 atom stereocenters. The van der Waals surface area contributed by atoms with Crippen LogP contribution in [0.3, 0.4) is 0 Å². The topological polar surface area (TPSA) is 82.3 Å². The number of benzene rings is 3. The lowest BCUT2D eigenvalue weighted by molar-refractivity contribution is 0.252. The molecular weight excluding hydrogens is 364 g/mol. The fourth-order valence-electron chi connectivity index (χ4n) is 2.78. The lowest BCUT2D eigenvalue weighted by Gasteiger charge is -2.13. The molecule has 0 saturated heterocycles. The van der Waals surface area contributed by atoms with Crippen LogP contribution in [0.5, 0.6) is 0 Å². The molecule has 148 valence electrons. The Bertz CT molecular complexity index is 959. The predicted molar refractivity (Wildman–Crippen MR) is 117 cm³/mol. The first-order valence-corrected chi connectivity index (χ1v) is 9.42. The van der Waals surface area contributed by atoms with Gasteiger partial charge in [0.05, 0.1) is 0 Å². The molecule has 3 aromatic rings. The number of carbonyl (C=O) groups is 2. The zero-order valence-electron chi connectivity index (χ0n) is 16.2. The average molecular weight is 388 g/mol. The molecule has 4 N–H and O–H groups in total. The summed E-state index contributed by atoms with van der Waals surface area (Å²) in [5.41, 5.74) is 3.99. The van der Waals surface area contributed by atoms with Crippen molar-refractivity contribution in [2.24, 2.45) is 0 Å². The maximum atomic E-state index is 12.2. The molecule has 0 aliphatic heterocycles. The van der Waals surface area contributed by atoms with Gasteiger partial charge in [-0.3, -0.25) is 0 Å². The fraction of sp³-hybridized carbons (Fsp3) is 0.130. The van der Waals surface area contributed by atoms with Crippen LogP contribution in [0.2, 0.25) is 0 Å². The van der Waals surface area contributed by atoms with Crippen molar-refractivity contribution in [3.8, 4) is 0 Å². The van der Waals surface area contributed by atoms with Crippen LogP contribution in [0.15, 0.2) is 78.9 Å². The second kappa shape index (κ2) is 9.94. The lowest BCUT2D eigenvalue weighted by Crippen LogP contribution is -2.30. The van der Waals surface area contributed by atoms with Crippen LogP contribution < -0.4 is 21.3 Å². The van der Waals surface area contributed by atoms with Crippen LogP contribution in [0.25, 0.3) is 0 Å². The first kappa shape index (κ1) is 19.9. The summed E-state index contributed by atoms with van der Waals surface area (Å²) in [6.45, 7) is 2.43. The van der Waals surface area contributed by atoms with E-state index in [-0.39, 0.29) is 12.1 Å². The Morgan fingerprint density at radius 3 is 2.10 bits per heavy atom. The van der Waals surface area contributed by atoms with Crippen molar-refractivity contribution < 1.29 is 9.59 Å². The lowest BCUT2D eigenvalue weighted by atomic mass is 10.1. The van der Waals surface area contributed by atoms with Gasteiger partial charge in [0.15, 0.2) is 0 Å². The maximum absolute atomic E-state index is 12.2. The zero-order valence-corrected chi connectivity index (χ0v) is 16.2. The highest BCUT2D eigenvalue weighted by Gasteiger charge is 2.08. The van der Waals surface area contributed by atoms with Crippen molar-refractivity contribution in [2.45, 2.75) is 13.3 Å². The highest BCUT2D eigenvalue weighted by atomic mass is 16.2. The number of aryl methyl sites for hydroxylation is 1. The average Bonchev–Trinajstić information content (AvgIpc) is 2.72. The third-order valence-electron chi connectivity index (χ3n) is 4.32. The van der Waals surface area contributed by atoms with E-state index in [4.69, 9.17) is 0 Å². The number of carbonyl (C=O) groups excluding carboxylic acids is 2. The third kappa shape index (κ3) is 6.39. The Balaban J connectivity index is 1.52. The van der Waals surface area contributed by atoms with Crippen molar-refractivity contribution >= 4 is 29.1 Å². The van der Waals surface area contributed by atoms with Gasteiger partial charge in [0.1, 0.15) is 0 Å². The number of hydrogen-bond acceptors (Lipinski definition) is 2. The Hall–Kier alpha value is -3.80. The molecule has 0 aliphatic carbocycles. The smallest absolute Gasteiger partial charge is 0.323 e. The highest BCUT2D eigenvalue weighted by molar-refractivity contribution is 6.00. The van der Waals surface area contributed by atoms with Crippen molar-refractivity contribution in [3.63, 3.8) is 0 Å². The van der Waals surface area contributed by atoms with E-state index in [0.717, 1.165) is 12.0 Å². The minimum atomic E-state index is -0.349. The molecule has 0 spiro atoms. The van der Waals surface area contributed by atoms with Crippen LogP contribution in [0, 0.1) is 6.92 Å². The van der Waals surface area contributed by atoms with Gasteiger partial charge in [-0.25, -0.2) is 9.59 Å². The number of urea groups is 2. The highest BCUT2D eigenvalue weighted by Crippen LogP contribution is 2.20. The van der Waals surface area contributed by atoms with Crippen molar-refractivity contribution in [1.29, 1.82) is 0 Å². The Kier molecular flexibility index (Phi) is 6.84. The van der Waals surface area contributed by atoms with Gasteiger partial charge in [-0.1, -0.05) is 54.6 Å². The van der Waals surface area contributed by atoms with E-state index in [0.29, 0.717) is 23.6 Å². The minimum Gasteiger partial charge on any atom is -0.338 e. The minimum absolute atomic E-state index is 0.282. The molecule has 0 aromatic heterocycles. The SMILES string of the molecule is Cc1ccc(NC(=O)Nc2ccccc2)cc1NC(=O)NCCc1ccccc1.